The van der Waals surface area contributed by atoms with Crippen LogP contribution in [0, 0.1) is 6.92 Å². The molecule has 0 radical (unpaired) electrons. The first-order chi connectivity index (χ1) is 14.1. The number of hydrogen-bond acceptors (Lipinski definition) is 3. The third kappa shape index (κ3) is 2.85. The molecule has 4 heteroatoms. The predicted molar refractivity (Wildman–Crippen MR) is 118 cm³/mol. The Labute approximate surface area is 175 Å². The number of anilines is 1. The van der Waals surface area contributed by atoms with E-state index in [1.807, 2.05) is 59.1 Å². The van der Waals surface area contributed by atoms with Crippen LogP contribution in [0.1, 0.15) is 24.5 Å². The van der Waals surface area contributed by atoms with E-state index in [9.17, 15) is 4.79 Å². The van der Waals surface area contributed by atoms with Gasteiger partial charge in [0.1, 0.15) is 11.3 Å². The second-order valence-corrected chi connectivity index (χ2v) is 9.36. The standard InChI is InChI=1S/C25H23NO2S/c1-17-12-14-19(15-13-17)25-16-18(2)29-22-11-7-6-10-21(22)26(25)24(27)23(25)28-20-8-4-3-5-9-20/h3-15,18,23H,16H2,1-2H3. The molecule has 1 saturated heterocycles. The van der Waals surface area contributed by atoms with E-state index in [4.69, 9.17) is 4.74 Å². The van der Waals surface area contributed by atoms with E-state index in [1.165, 1.54) is 5.56 Å². The molecule has 0 aromatic heterocycles. The Balaban J connectivity index is 1.67. The topological polar surface area (TPSA) is 29.5 Å². The van der Waals surface area contributed by atoms with Crippen LogP contribution in [-0.2, 0) is 10.3 Å². The van der Waals surface area contributed by atoms with Gasteiger partial charge < -0.3 is 4.74 Å². The van der Waals surface area contributed by atoms with Gasteiger partial charge in [-0.1, -0.05) is 67.1 Å². The molecule has 146 valence electrons. The minimum atomic E-state index is -0.540. The lowest BCUT2D eigenvalue weighted by molar-refractivity contribution is -0.142. The Hall–Kier alpha value is -2.72. The third-order valence-electron chi connectivity index (χ3n) is 5.86. The highest BCUT2D eigenvalue weighted by Crippen LogP contribution is 2.55. The van der Waals surface area contributed by atoms with E-state index in [0.29, 0.717) is 5.25 Å². The largest absolute Gasteiger partial charge is 0.478 e. The van der Waals surface area contributed by atoms with Crippen LogP contribution < -0.4 is 9.64 Å². The molecule has 0 spiro atoms. The second-order valence-electron chi connectivity index (χ2n) is 7.88. The zero-order chi connectivity index (χ0) is 20.0. The molecule has 0 aliphatic carbocycles. The molecule has 1 fully saturated rings. The van der Waals surface area contributed by atoms with Gasteiger partial charge in [0.2, 0.25) is 6.10 Å². The SMILES string of the molecule is Cc1ccc(C23CC(C)Sc4ccccc4N2C(=O)C3Oc2ccccc2)cc1. The molecule has 3 aromatic carbocycles. The lowest BCUT2D eigenvalue weighted by Gasteiger charge is -2.56. The zero-order valence-corrected chi connectivity index (χ0v) is 17.4. The Bertz CT molecular complexity index is 1050. The quantitative estimate of drug-likeness (QED) is 0.538. The normalized spacial score (nSPS) is 25.4. The van der Waals surface area contributed by atoms with Crippen LogP contribution in [0.15, 0.2) is 83.8 Å². The monoisotopic (exact) mass is 401 g/mol. The highest BCUT2D eigenvalue weighted by atomic mass is 32.2. The van der Waals surface area contributed by atoms with Crippen LogP contribution in [0.3, 0.4) is 0 Å². The van der Waals surface area contributed by atoms with Gasteiger partial charge >= 0.3 is 0 Å². The summed E-state index contributed by atoms with van der Waals surface area (Å²) in [5, 5.41) is 0.345. The van der Waals surface area contributed by atoms with Crippen LogP contribution in [0.4, 0.5) is 5.69 Å². The van der Waals surface area contributed by atoms with Gasteiger partial charge in [0, 0.05) is 10.1 Å². The Morgan fingerprint density at radius 3 is 2.41 bits per heavy atom. The Kier molecular flexibility index (Phi) is 4.39. The van der Waals surface area contributed by atoms with Crippen molar-refractivity contribution >= 4 is 23.4 Å². The lowest BCUT2D eigenvalue weighted by atomic mass is 9.71. The first-order valence-electron chi connectivity index (χ1n) is 9.98. The summed E-state index contributed by atoms with van der Waals surface area (Å²) >= 11 is 1.84. The Morgan fingerprint density at radius 1 is 0.966 bits per heavy atom. The third-order valence-corrected chi connectivity index (χ3v) is 7.03. The molecule has 0 bridgehead atoms. The number of ether oxygens (including phenoxy) is 1. The highest BCUT2D eigenvalue weighted by Gasteiger charge is 2.65. The summed E-state index contributed by atoms with van der Waals surface area (Å²) in [4.78, 5) is 16.6. The number of hydrogen-bond donors (Lipinski definition) is 0. The molecule has 0 saturated carbocycles. The number of carbonyl (C=O) groups is 1. The summed E-state index contributed by atoms with van der Waals surface area (Å²) in [5.41, 5.74) is 2.81. The molecule has 2 heterocycles. The van der Waals surface area contributed by atoms with Crippen molar-refractivity contribution in [3.8, 4) is 5.75 Å². The summed E-state index contributed by atoms with van der Waals surface area (Å²) < 4.78 is 6.34. The van der Waals surface area contributed by atoms with Crippen LogP contribution in [0.5, 0.6) is 5.75 Å². The average Bonchev–Trinajstić information content (AvgIpc) is 2.85. The van der Waals surface area contributed by atoms with E-state index in [0.717, 1.165) is 28.3 Å². The maximum Gasteiger partial charge on any atom is 0.271 e. The van der Waals surface area contributed by atoms with Gasteiger partial charge in [0.15, 0.2) is 0 Å². The van der Waals surface area contributed by atoms with E-state index >= 15 is 0 Å². The molecule has 3 nitrogen and oxygen atoms in total. The van der Waals surface area contributed by atoms with Crippen molar-refractivity contribution in [2.45, 2.75) is 42.1 Å². The average molecular weight is 402 g/mol. The Morgan fingerprint density at radius 2 is 1.66 bits per heavy atom. The van der Waals surface area contributed by atoms with Gasteiger partial charge in [-0.25, -0.2) is 0 Å². The smallest absolute Gasteiger partial charge is 0.271 e. The number of para-hydroxylation sites is 2. The summed E-state index contributed by atoms with van der Waals surface area (Å²) in [5.74, 6) is 0.756. The number of rotatable bonds is 3. The number of aryl methyl sites for hydroxylation is 1. The molecule has 1 amide bonds. The van der Waals surface area contributed by atoms with Gasteiger partial charge in [-0.05, 0) is 43.2 Å². The lowest BCUT2D eigenvalue weighted by Crippen LogP contribution is -2.74. The first-order valence-corrected chi connectivity index (χ1v) is 10.9. The van der Waals surface area contributed by atoms with Gasteiger partial charge in [-0.2, -0.15) is 0 Å². The van der Waals surface area contributed by atoms with Crippen molar-refractivity contribution in [3.63, 3.8) is 0 Å². The van der Waals surface area contributed by atoms with Crippen molar-refractivity contribution in [2.24, 2.45) is 0 Å². The van der Waals surface area contributed by atoms with Crippen molar-refractivity contribution in [2.75, 3.05) is 4.90 Å². The molecule has 29 heavy (non-hydrogen) atoms. The van der Waals surface area contributed by atoms with Crippen molar-refractivity contribution in [1.82, 2.24) is 0 Å². The van der Waals surface area contributed by atoms with Crippen molar-refractivity contribution < 1.29 is 9.53 Å². The van der Waals surface area contributed by atoms with E-state index in [2.05, 4.69) is 50.2 Å². The molecular weight excluding hydrogens is 378 g/mol. The van der Waals surface area contributed by atoms with Crippen LogP contribution >= 0.6 is 11.8 Å². The molecular formula is C25H23NO2S. The number of nitrogens with zero attached hydrogens (tertiary/aromatic N) is 1. The van der Waals surface area contributed by atoms with Gasteiger partial charge in [0.25, 0.3) is 5.91 Å². The van der Waals surface area contributed by atoms with E-state index in [1.54, 1.807) is 0 Å². The second kappa shape index (κ2) is 6.96. The summed E-state index contributed by atoms with van der Waals surface area (Å²) in [7, 11) is 0. The summed E-state index contributed by atoms with van der Waals surface area (Å²) in [6.45, 7) is 4.33. The number of fused-ring (bicyclic) bond motifs is 3. The van der Waals surface area contributed by atoms with Gasteiger partial charge in [-0.15, -0.1) is 11.8 Å². The molecule has 2 aliphatic heterocycles. The van der Waals surface area contributed by atoms with E-state index < -0.39 is 11.6 Å². The van der Waals surface area contributed by atoms with Crippen molar-refractivity contribution in [1.29, 1.82) is 0 Å². The molecule has 0 N–H and O–H groups in total. The number of benzene rings is 3. The van der Waals surface area contributed by atoms with Crippen LogP contribution in [0.25, 0.3) is 0 Å². The van der Waals surface area contributed by atoms with Gasteiger partial charge in [0.05, 0.1) is 5.69 Å². The summed E-state index contributed by atoms with van der Waals surface area (Å²) in [6.07, 6.45) is 0.292. The minimum Gasteiger partial charge on any atom is -0.478 e. The highest BCUT2D eigenvalue weighted by molar-refractivity contribution is 8.00. The predicted octanol–water partition coefficient (Wildman–Crippen LogP) is 5.57. The first kappa shape index (κ1) is 18.3. The van der Waals surface area contributed by atoms with Crippen molar-refractivity contribution in [3.05, 3.63) is 90.0 Å². The van der Waals surface area contributed by atoms with E-state index in [-0.39, 0.29) is 5.91 Å². The number of carbonyl (C=O) groups excluding carboxylic acids is 1. The fraction of sp³-hybridized carbons (Fsp3) is 0.240. The molecule has 2 aliphatic rings. The molecule has 5 rings (SSSR count). The van der Waals surface area contributed by atoms with Gasteiger partial charge in [-0.3, -0.25) is 9.69 Å². The minimum absolute atomic E-state index is 0.0246. The molecule has 3 atom stereocenters. The molecule has 3 unspecified atom stereocenters. The summed E-state index contributed by atoms with van der Waals surface area (Å²) in [6, 6.07) is 26.4. The number of amides is 1. The van der Waals surface area contributed by atoms with Crippen LogP contribution in [-0.4, -0.2) is 17.3 Å². The number of β-lactam (4-membered cyclic amide) rings is 1. The maximum absolute atomic E-state index is 13.5. The maximum atomic E-state index is 13.5. The number of thioether (sulfide) groups is 1. The fourth-order valence-electron chi connectivity index (χ4n) is 4.56. The zero-order valence-electron chi connectivity index (χ0n) is 16.5. The fourth-order valence-corrected chi connectivity index (χ4v) is 5.77. The van der Waals surface area contributed by atoms with Crippen LogP contribution in [0.2, 0.25) is 0 Å². The molecule has 3 aromatic rings.